The fraction of sp³-hybridized carbons (Fsp3) is 0.550. The van der Waals surface area contributed by atoms with Gasteiger partial charge < -0.3 is 14.6 Å². The molecule has 1 saturated carbocycles. The van der Waals surface area contributed by atoms with Crippen LogP contribution in [-0.2, 0) is 9.53 Å². The van der Waals surface area contributed by atoms with E-state index >= 15 is 0 Å². The van der Waals surface area contributed by atoms with E-state index in [1.807, 2.05) is 0 Å². The van der Waals surface area contributed by atoms with Gasteiger partial charge in [0.25, 0.3) is 0 Å². The molecule has 2 rings (SSSR count). The van der Waals surface area contributed by atoms with E-state index in [9.17, 15) is 9.90 Å². The lowest BCUT2D eigenvalue weighted by atomic mass is 9.75. The lowest BCUT2D eigenvalue weighted by Crippen LogP contribution is -2.35. The largest absolute Gasteiger partial charge is 0.504 e. The molecule has 0 spiro atoms. The Morgan fingerprint density at radius 1 is 1.33 bits per heavy atom. The van der Waals surface area contributed by atoms with Crippen LogP contribution >= 0.6 is 0 Å². The topological polar surface area (TPSA) is 55.8 Å². The minimum Gasteiger partial charge on any atom is -0.504 e. The molecule has 1 N–H and O–H groups in total. The Hall–Kier alpha value is -1.97. The van der Waals surface area contributed by atoms with Crippen molar-refractivity contribution in [2.45, 2.75) is 46.1 Å². The van der Waals surface area contributed by atoms with Crippen LogP contribution in [-0.4, -0.2) is 24.3 Å². The summed E-state index contributed by atoms with van der Waals surface area (Å²) in [4.78, 5) is 12.2. The van der Waals surface area contributed by atoms with Crippen LogP contribution in [0.2, 0.25) is 0 Å². The first-order valence-corrected chi connectivity index (χ1v) is 8.66. The molecule has 3 unspecified atom stereocenters. The summed E-state index contributed by atoms with van der Waals surface area (Å²) >= 11 is 0. The van der Waals surface area contributed by atoms with Crippen molar-refractivity contribution in [2.24, 2.45) is 17.8 Å². The van der Waals surface area contributed by atoms with Crippen molar-refractivity contribution in [1.82, 2.24) is 0 Å². The molecule has 0 amide bonds. The lowest BCUT2D eigenvalue weighted by molar-refractivity contribution is -0.149. The van der Waals surface area contributed by atoms with Crippen LogP contribution in [0.3, 0.4) is 0 Å². The SMILES string of the molecule is COc1cc(/C=C/C(=O)OC2CC(C)CCC2C(C)C)ccc1O. The van der Waals surface area contributed by atoms with Crippen LogP contribution in [0.1, 0.15) is 45.6 Å². The number of methoxy groups -OCH3 is 1. The van der Waals surface area contributed by atoms with Gasteiger partial charge in [-0.15, -0.1) is 0 Å². The first-order valence-electron chi connectivity index (χ1n) is 8.66. The molecule has 1 aliphatic rings. The Morgan fingerprint density at radius 3 is 2.75 bits per heavy atom. The molecule has 1 aliphatic carbocycles. The molecular formula is C20H28O4. The zero-order valence-corrected chi connectivity index (χ0v) is 15.0. The maximum absolute atomic E-state index is 12.2. The molecule has 0 aliphatic heterocycles. The second-order valence-corrected chi connectivity index (χ2v) is 7.07. The molecule has 1 fully saturated rings. The zero-order chi connectivity index (χ0) is 17.7. The van der Waals surface area contributed by atoms with Crippen molar-refractivity contribution in [3.63, 3.8) is 0 Å². The molecule has 1 aromatic carbocycles. The third-order valence-electron chi connectivity index (χ3n) is 4.84. The minimum absolute atomic E-state index is 0.000235. The van der Waals surface area contributed by atoms with Crippen LogP contribution in [0.15, 0.2) is 24.3 Å². The summed E-state index contributed by atoms with van der Waals surface area (Å²) in [5.74, 6) is 1.70. The van der Waals surface area contributed by atoms with Gasteiger partial charge in [-0.05, 0) is 54.4 Å². The highest BCUT2D eigenvalue weighted by atomic mass is 16.5. The second kappa shape index (κ2) is 8.22. The van der Waals surface area contributed by atoms with Crippen molar-refractivity contribution >= 4 is 12.0 Å². The van der Waals surface area contributed by atoms with E-state index in [4.69, 9.17) is 9.47 Å². The minimum atomic E-state index is -0.313. The predicted octanol–water partition coefficient (Wildman–Crippen LogP) is 4.42. The smallest absolute Gasteiger partial charge is 0.331 e. The molecule has 0 aromatic heterocycles. The van der Waals surface area contributed by atoms with Gasteiger partial charge in [-0.25, -0.2) is 4.79 Å². The fourth-order valence-corrected chi connectivity index (χ4v) is 3.40. The van der Waals surface area contributed by atoms with Gasteiger partial charge in [0, 0.05) is 6.08 Å². The van der Waals surface area contributed by atoms with Crippen LogP contribution in [0.25, 0.3) is 6.08 Å². The third kappa shape index (κ3) is 4.76. The number of carbonyl (C=O) groups is 1. The number of phenolic OH excluding ortho intramolecular Hbond substituents is 1. The standard InChI is InChI=1S/C20H28O4/c1-13(2)16-8-5-14(3)11-18(16)24-20(22)10-7-15-6-9-17(21)19(12-15)23-4/h6-7,9-10,12-14,16,18,21H,5,8,11H2,1-4H3/b10-7+. The van der Waals surface area contributed by atoms with Crippen LogP contribution < -0.4 is 4.74 Å². The highest BCUT2D eigenvalue weighted by Crippen LogP contribution is 2.35. The molecule has 132 valence electrons. The van der Waals surface area contributed by atoms with E-state index in [-0.39, 0.29) is 17.8 Å². The summed E-state index contributed by atoms with van der Waals surface area (Å²) in [5, 5.41) is 9.59. The van der Waals surface area contributed by atoms with Gasteiger partial charge in [0.05, 0.1) is 7.11 Å². The number of aromatic hydroxyl groups is 1. The van der Waals surface area contributed by atoms with Gasteiger partial charge in [0.2, 0.25) is 0 Å². The number of hydrogen-bond acceptors (Lipinski definition) is 4. The first kappa shape index (κ1) is 18.4. The van der Waals surface area contributed by atoms with Crippen LogP contribution in [0.4, 0.5) is 0 Å². The Bertz CT molecular complexity index is 591. The summed E-state index contributed by atoms with van der Waals surface area (Å²) in [6.07, 6.45) is 6.40. The molecule has 3 atom stereocenters. The number of rotatable bonds is 5. The summed E-state index contributed by atoms with van der Waals surface area (Å²) in [7, 11) is 1.49. The lowest BCUT2D eigenvalue weighted by Gasteiger charge is -2.36. The fourth-order valence-electron chi connectivity index (χ4n) is 3.40. The van der Waals surface area contributed by atoms with Crippen molar-refractivity contribution in [3.8, 4) is 11.5 Å². The summed E-state index contributed by atoms with van der Waals surface area (Å²) in [6.45, 7) is 6.61. The maximum Gasteiger partial charge on any atom is 0.331 e. The molecule has 0 heterocycles. The number of benzene rings is 1. The number of carbonyl (C=O) groups excluding carboxylic acids is 1. The van der Waals surface area contributed by atoms with Crippen molar-refractivity contribution in [3.05, 3.63) is 29.8 Å². The Kier molecular flexibility index (Phi) is 6.29. The Morgan fingerprint density at radius 2 is 2.08 bits per heavy atom. The van der Waals surface area contributed by atoms with Gasteiger partial charge in [-0.3, -0.25) is 0 Å². The monoisotopic (exact) mass is 332 g/mol. The Balaban J connectivity index is 2.01. The number of phenols is 1. The highest BCUT2D eigenvalue weighted by molar-refractivity contribution is 5.87. The van der Waals surface area contributed by atoms with Crippen LogP contribution in [0.5, 0.6) is 11.5 Å². The molecular weight excluding hydrogens is 304 g/mol. The van der Waals surface area contributed by atoms with Gasteiger partial charge in [-0.1, -0.05) is 33.3 Å². The molecule has 4 nitrogen and oxygen atoms in total. The number of hydrogen-bond donors (Lipinski definition) is 1. The predicted molar refractivity (Wildman–Crippen MR) is 94.9 cm³/mol. The molecule has 1 aromatic rings. The quantitative estimate of drug-likeness (QED) is 0.640. The van der Waals surface area contributed by atoms with Crippen molar-refractivity contribution < 1.29 is 19.4 Å². The van der Waals surface area contributed by atoms with Crippen molar-refractivity contribution in [2.75, 3.05) is 7.11 Å². The van der Waals surface area contributed by atoms with Gasteiger partial charge in [0.1, 0.15) is 6.10 Å². The number of ether oxygens (including phenoxy) is 2. The van der Waals surface area contributed by atoms with E-state index in [2.05, 4.69) is 20.8 Å². The van der Waals surface area contributed by atoms with Crippen molar-refractivity contribution in [1.29, 1.82) is 0 Å². The average molecular weight is 332 g/mol. The second-order valence-electron chi connectivity index (χ2n) is 7.07. The van der Waals surface area contributed by atoms with E-state index < -0.39 is 0 Å². The van der Waals surface area contributed by atoms with E-state index in [0.29, 0.717) is 23.5 Å². The Labute approximate surface area is 144 Å². The summed E-state index contributed by atoms with van der Waals surface area (Å²) < 4.78 is 10.8. The van der Waals surface area contributed by atoms with Gasteiger partial charge >= 0.3 is 5.97 Å². The van der Waals surface area contributed by atoms with E-state index in [1.54, 1.807) is 24.3 Å². The molecule has 0 saturated heterocycles. The normalized spacial score (nSPS) is 24.3. The average Bonchev–Trinajstić information content (AvgIpc) is 2.53. The zero-order valence-electron chi connectivity index (χ0n) is 15.0. The van der Waals surface area contributed by atoms with E-state index in [1.165, 1.54) is 19.6 Å². The summed E-state index contributed by atoms with van der Waals surface area (Å²) in [5.41, 5.74) is 0.777. The first-order chi connectivity index (χ1) is 11.4. The molecule has 4 heteroatoms. The molecule has 24 heavy (non-hydrogen) atoms. The third-order valence-corrected chi connectivity index (χ3v) is 4.84. The molecule has 0 radical (unpaired) electrons. The number of esters is 1. The maximum atomic E-state index is 12.2. The molecule has 0 bridgehead atoms. The highest BCUT2D eigenvalue weighted by Gasteiger charge is 2.32. The van der Waals surface area contributed by atoms with E-state index in [0.717, 1.165) is 18.4 Å². The van der Waals surface area contributed by atoms with Crippen LogP contribution in [0, 0.1) is 17.8 Å². The van der Waals surface area contributed by atoms with Gasteiger partial charge in [0.15, 0.2) is 11.5 Å². The summed E-state index contributed by atoms with van der Waals surface area (Å²) in [6, 6.07) is 4.95. The van der Waals surface area contributed by atoms with Gasteiger partial charge in [-0.2, -0.15) is 0 Å².